The smallest absolute Gasteiger partial charge is 0.104 e. The van der Waals surface area contributed by atoms with Gasteiger partial charge in [-0.15, -0.1) is 0 Å². The molecule has 0 aromatic carbocycles. The Morgan fingerprint density at radius 1 is 1.31 bits per heavy atom. The molecule has 0 aromatic heterocycles. The summed E-state index contributed by atoms with van der Waals surface area (Å²) in [4.78, 5) is 4.20. The Morgan fingerprint density at radius 3 is 2.23 bits per heavy atom. The highest BCUT2D eigenvalue weighted by atomic mass is 14.9. The Hall–Kier alpha value is -1.05. The van der Waals surface area contributed by atoms with E-state index in [1.807, 2.05) is 46.8 Å². The number of nitrogens with two attached hydrogens (primary N) is 1. The number of amidine groups is 1. The molecule has 0 atom stereocenters. The van der Waals surface area contributed by atoms with Crippen LogP contribution in [-0.2, 0) is 0 Å². The molecular weight excluding hydrogens is 160 g/mol. The third kappa shape index (κ3) is 5.23. The predicted octanol–water partition coefficient (Wildman–Crippen LogP) is 2.87. The van der Waals surface area contributed by atoms with Crippen molar-refractivity contribution < 1.29 is 0 Å². The van der Waals surface area contributed by atoms with Crippen molar-refractivity contribution in [1.82, 2.24) is 0 Å². The van der Waals surface area contributed by atoms with E-state index in [0.717, 1.165) is 5.57 Å². The van der Waals surface area contributed by atoms with Crippen molar-refractivity contribution in [2.45, 2.75) is 34.6 Å². The van der Waals surface area contributed by atoms with Crippen molar-refractivity contribution in [3.8, 4) is 0 Å². The summed E-state index contributed by atoms with van der Waals surface area (Å²) >= 11 is 0. The van der Waals surface area contributed by atoms with Crippen LogP contribution in [0.15, 0.2) is 28.9 Å². The zero-order valence-electron chi connectivity index (χ0n) is 9.26. The summed E-state index contributed by atoms with van der Waals surface area (Å²) < 4.78 is 0. The van der Waals surface area contributed by atoms with Crippen LogP contribution in [0.5, 0.6) is 0 Å². The summed E-state index contributed by atoms with van der Waals surface area (Å²) in [6, 6.07) is 0. The van der Waals surface area contributed by atoms with Gasteiger partial charge in [0.2, 0.25) is 0 Å². The Morgan fingerprint density at radius 2 is 1.85 bits per heavy atom. The normalized spacial score (nSPS) is 15.5. The van der Waals surface area contributed by atoms with Crippen LogP contribution in [0.4, 0.5) is 0 Å². The lowest BCUT2D eigenvalue weighted by Crippen LogP contribution is -2.28. The largest absolute Gasteiger partial charge is 0.387 e. The lowest BCUT2D eigenvalue weighted by molar-refractivity contribution is 0.585. The topological polar surface area (TPSA) is 38.4 Å². The highest BCUT2D eigenvalue weighted by Crippen LogP contribution is 2.12. The van der Waals surface area contributed by atoms with Crippen LogP contribution in [0.25, 0.3) is 0 Å². The first-order valence-electron chi connectivity index (χ1n) is 4.51. The van der Waals surface area contributed by atoms with Gasteiger partial charge in [0, 0.05) is 11.6 Å². The van der Waals surface area contributed by atoms with Crippen molar-refractivity contribution in [1.29, 1.82) is 0 Å². The second-order valence-electron chi connectivity index (χ2n) is 4.14. The third-order valence-corrected chi connectivity index (χ3v) is 1.61. The summed E-state index contributed by atoms with van der Waals surface area (Å²) in [7, 11) is 0. The van der Waals surface area contributed by atoms with Gasteiger partial charge in [0.05, 0.1) is 0 Å². The van der Waals surface area contributed by atoms with Crippen molar-refractivity contribution in [3.63, 3.8) is 0 Å². The van der Waals surface area contributed by atoms with Gasteiger partial charge in [-0.25, -0.2) is 4.99 Å². The summed E-state index contributed by atoms with van der Waals surface area (Å²) in [5.74, 6) is 0.663. The van der Waals surface area contributed by atoms with Crippen LogP contribution in [0, 0.1) is 5.41 Å². The van der Waals surface area contributed by atoms with Gasteiger partial charge in [-0.05, 0) is 19.4 Å². The maximum absolute atomic E-state index is 5.78. The van der Waals surface area contributed by atoms with Gasteiger partial charge in [-0.2, -0.15) is 0 Å². The Kier molecular flexibility index (Phi) is 4.46. The molecule has 0 aliphatic rings. The molecule has 0 aliphatic heterocycles. The van der Waals surface area contributed by atoms with E-state index >= 15 is 0 Å². The van der Waals surface area contributed by atoms with E-state index in [2.05, 4.69) is 4.99 Å². The molecule has 2 heteroatoms. The van der Waals surface area contributed by atoms with E-state index in [-0.39, 0.29) is 5.41 Å². The Labute approximate surface area is 81.2 Å². The van der Waals surface area contributed by atoms with Gasteiger partial charge in [0.15, 0.2) is 0 Å². The molecule has 0 radical (unpaired) electrons. The molecule has 13 heavy (non-hydrogen) atoms. The standard InChI is InChI=1S/C11H20N2/c1-6-7-9(2)8-13-10(12)11(3,4)5/h6-8H,1-5H3,(H2,12,13)/b7-6-,9-8-. The fourth-order valence-corrected chi connectivity index (χ4v) is 0.671. The van der Waals surface area contributed by atoms with E-state index in [0.29, 0.717) is 5.84 Å². The average molecular weight is 180 g/mol. The SMILES string of the molecule is C/C=C\C(C)=C/N=C(N)C(C)(C)C. The number of aliphatic imine (C=N–C) groups is 1. The van der Waals surface area contributed by atoms with Gasteiger partial charge in [-0.3, -0.25) is 0 Å². The van der Waals surface area contributed by atoms with Gasteiger partial charge < -0.3 is 5.73 Å². The zero-order valence-corrected chi connectivity index (χ0v) is 9.26. The molecule has 2 nitrogen and oxygen atoms in total. The number of nitrogens with zero attached hydrogens (tertiary/aromatic N) is 1. The van der Waals surface area contributed by atoms with Crippen molar-refractivity contribution in [3.05, 3.63) is 23.9 Å². The molecule has 0 aliphatic carbocycles. The quantitative estimate of drug-likeness (QED) is 0.396. The summed E-state index contributed by atoms with van der Waals surface area (Å²) in [5.41, 5.74) is 6.83. The Bertz CT molecular complexity index is 239. The first kappa shape index (κ1) is 11.9. The van der Waals surface area contributed by atoms with Crippen molar-refractivity contribution in [2.24, 2.45) is 16.1 Å². The van der Waals surface area contributed by atoms with E-state index in [1.165, 1.54) is 0 Å². The van der Waals surface area contributed by atoms with Crippen molar-refractivity contribution in [2.75, 3.05) is 0 Å². The fourth-order valence-electron chi connectivity index (χ4n) is 0.671. The first-order chi connectivity index (χ1) is 5.88. The molecule has 0 bridgehead atoms. The molecule has 0 aromatic rings. The maximum atomic E-state index is 5.78. The third-order valence-electron chi connectivity index (χ3n) is 1.61. The van der Waals surface area contributed by atoms with Gasteiger partial charge in [-0.1, -0.05) is 32.9 Å². The average Bonchev–Trinajstić information content (AvgIpc) is 1.99. The molecule has 0 rings (SSSR count). The van der Waals surface area contributed by atoms with Crippen LogP contribution in [-0.4, -0.2) is 5.84 Å². The number of allylic oxidation sites excluding steroid dienone is 3. The molecular formula is C11H20N2. The van der Waals surface area contributed by atoms with Gasteiger partial charge >= 0.3 is 0 Å². The van der Waals surface area contributed by atoms with E-state index in [4.69, 9.17) is 5.73 Å². The molecule has 0 spiro atoms. The second-order valence-corrected chi connectivity index (χ2v) is 4.14. The molecule has 74 valence electrons. The van der Waals surface area contributed by atoms with Crippen LogP contribution in [0.1, 0.15) is 34.6 Å². The summed E-state index contributed by atoms with van der Waals surface area (Å²) in [6.07, 6.45) is 5.77. The van der Waals surface area contributed by atoms with Crippen LogP contribution >= 0.6 is 0 Å². The highest BCUT2D eigenvalue weighted by molar-refractivity contribution is 5.85. The van der Waals surface area contributed by atoms with Crippen molar-refractivity contribution >= 4 is 5.84 Å². The summed E-state index contributed by atoms with van der Waals surface area (Å²) in [6.45, 7) is 10.1. The Balaban J connectivity index is 4.51. The molecule has 0 saturated carbocycles. The van der Waals surface area contributed by atoms with Gasteiger partial charge in [0.25, 0.3) is 0 Å². The lowest BCUT2D eigenvalue weighted by atomic mass is 9.95. The van der Waals surface area contributed by atoms with Crippen LogP contribution in [0.2, 0.25) is 0 Å². The lowest BCUT2D eigenvalue weighted by Gasteiger charge is -2.16. The number of hydrogen-bond acceptors (Lipinski definition) is 1. The molecule has 0 fully saturated rings. The predicted molar refractivity (Wildman–Crippen MR) is 59.6 cm³/mol. The maximum Gasteiger partial charge on any atom is 0.104 e. The van der Waals surface area contributed by atoms with E-state index in [1.54, 1.807) is 6.20 Å². The minimum absolute atomic E-state index is 0.0489. The monoisotopic (exact) mass is 180 g/mol. The molecule has 0 saturated heterocycles. The molecule has 0 heterocycles. The molecule has 0 amide bonds. The van der Waals surface area contributed by atoms with E-state index < -0.39 is 0 Å². The number of rotatable bonds is 2. The molecule has 0 unspecified atom stereocenters. The fraction of sp³-hybridized carbons (Fsp3) is 0.545. The first-order valence-corrected chi connectivity index (χ1v) is 4.51. The number of hydrogen-bond donors (Lipinski definition) is 1. The summed E-state index contributed by atoms with van der Waals surface area (Å²) in [5, 5.41) is 0. The minimum atomic E-state index is -0.0489. The van der Waals surface area contributed by atoms with Crippen LogP contribution in [0.3, 0.4) is 0 Å². The zero-order chi connectivity index (χ0) is 10.5. The minimum Gasteiger partial charge on any atom is -0.387 e. The van der Waals surface area contributed by atoms with Crippen LogP contribution < -0.4 is 5.73 Å². The highest BCUT2D eigenvalue weighted by Gasteiger charge is 2.14. The molecule has 2 N–H and O–H groups in total. The van der Waals surface area contributed by atoms with E-state index in [9.17, 15) is 0 Å². The second kappa shape index (κ2) is 4.85. The van der Waals surface area contributed by atoms with Gasteiger partial charge in [0.1, 0.15) is 5.84 Å².